The number of hydrogen-bond donors (Lipinski definition) is 2. The highest BCUT2D eigenvalue weighted by Gasteiger charge is 2.52. The van der Waals surface area contributed by atoms with Crippen molar-refractivity contribution >= 4 is 41.0 Å². The van der Waals surface area contributed by atoms with Crippen LogP contribution < -0.4 is 11.2 Å². The maximum atomic E-state index is 12.1. The summed E-state index contributed by atoms with van der Waals surface area (Å²) in [7, 11) is -0.596. The molecule has 0 atom stereocenters. The molecule has 2 aromatic rings. The van der Waals surface area contributed by atoms with Gasteiger partial charge in [-0.15, -0.1) is 0 Å². The number of benzene rings is 1. The van der Waals surface area contributed by atoms with Gasteiger partial charge in [0.2, 0.25) is 0 Å². The number of fused-ring (bicyclic) bond motifs is 1. The standard InChI is InChI=1S/C19H23BN2O5S/c1-11(23)28-10-13(20-26-18(2,3)19(4,5)27-20)8-12-6-7-15-14(9-12)16(24)22-17(25)21-15/h6-9H,10H2,1-5H3,(H2,21,22,24,25). The molecule has 28 heavy (non-hydrogen) atoms. The highest BCUT2D eigenvalue weighted by atomic mass is 32.2. The highest BCUT2D eigenvalue weighted by molar-refractivity contribution is 8.13. The summed E-state index contributed by atoms with van der Waals surface area (Å²) in [6.45, 7) is 9.38. The van der Waals surface area contributed by atoms with Crippen LogP contribution in [0, 0.1) is 0 Å². The van der Waals surface area contributed by atoms with Crippen molar-refractivity contribution < 1.29 is 14.1 Å². The second-order valence-corrected chi connectivity index (χ2v) is 8.95. The molecular weight excluding hydrogens is 379 g/mol. The van der Waals surface area contributed by atoms with Crippen LogP contribution >= 0.6 is 11.8 Å². The normalized spacial score (nSPS) is 18.6. The molecule has 0 unspecified atom stereocenters. The number of carbonyl (C=O) groups excluding carboxylic acids is 1. The predicted molar refractivity (Wildman–Crippen MR) is 112 cm³/mol. The maximum absolute atomic E-state index is 12.1. The van der Waals surface area contributed by atoms with Gasteiger partial charge in [0.05, 0.1) is 22.1 Å². The minimum Gasteiger partial charge on any atom is -0.400 e. The van der Waals surface area contributed by atoms with Crippen LogP contribution in [0.1, 0.15) is 40.2 Å². The van der Waals surface area contributed by atoms with Crippen molar-refractivity contribution in [2.75, 3.05) is 5.75 Å². The number of nitrogens with one attached hydrogen (secondary N) is 2. The summed E-state index contributed by atoms with van der Waals surface area (Å²) in [6, 6.07) is 5.16. The third kappa shape index (κ3) is 4.16. The van der Waals surface area contributed by atoms with Crippen molar-refractivity contribution in [2.24, 2.45) is 0 Å². The summed E-state index contributed by atoms with van der Waals surface area (Å²) in [6.07, 6.45) is 1.86. The zero-order valence-corrected chi connectivity index (χ0v) is 17.4. The van der Waals surface area contributed by atoms with Crippen LogP contribution in [0.5, 0.6) is 0 Å². The molecule has 2 N–H and O–H groups in total. The third-order valence-electron chi connectivity index (χ3n) is 5.11. The molecule has 7 nitrogen and oxygen atoms in total. The Morgan fingerprint density at radius 1 is 1.14 bits per heavy atom. The average Bonchev–Trinajstić information content (AvgIpc) is 2.79. The van der Waals surface area contributed by atoms with Gasteiger partial charge in [-0.05, 0) is 50.9 Å². The number of hydrogen-bond acceptors (Lipinski definition) is 6. The van der Waals surface area contributed by atoms with E-state index in [9.17, 15) is 14.4 Å². The molecule has 0 saturated carbocycles. The Kier molecular flexibility index (Phi) is 5.44. The Labute approximate surface area is 167 Å². The molecule has 1 aromatic heterocycles. The molecule has 1 saturated heterocycles. The molecule has 0 bridgehead atoms. The monoisotopic (exact) mass is 402 g/mol. The number of rotatable bonds is 4. The van der Waals surface area contributed by atoms with Gasteiger partial charge in [0.1, 0.15) is 0 Å². The molecule has 9 heteroatoms. The van der Waals surface area contributed by atoms with Gasteiger partial charge in [-0.25, -0.2) is 4.79 Å². The van der Waals surface area contributed by atoms with Crippen LogP contribution in [-0.4, -0.2) is 39.2 Å². The molecule has 1 fully saturated rings. The minimum atomic E-state index is -0.596. The van der Waals surface area contributed by atoms with Crippen molar-refractivity contribution in [1.29, 1.82) is 0 Å². The summed E-state index contributed by atoms with van der Waals surface area (Å²) >= 11 is 1.17. The van der Waals surface area contributed by atoms with E-state index in [0.29, 0.717) is 16.7 Å². The number of H-pyrrole nitrogens is 2. The van der Waals surface area contributed by atoms with Crippen LogP contribution in [0.3, 0.4) is 0 Å². The van der Waals surface area contributed by atoms with E-state index >= 15 is 0 Å². The first-order valence-corrected chi connectivity index (χ1v) is 9.93. The van der Waals surface area contributed by atoms with Gasteiger partial charge in [0.15, 0.2) is 5.12 Å². The fourth-order valence-corrected chi connectivity index (χ4v) is 3.43. The Morgan fingerprint density at radius 3 is 2.39 bits per heavy atom. The fourth-order valence-electron chi connectivity index (χ4n) is 2.84. The summed E-state index contributed by atoms with van der Waals surface area (Å²) < 4.78 is 12.3. The zero-order valence-electron chi connectivity index (χ0n) is 16.5. The lowest BCUT2D eigenvalue weighted by atomic mass is 9.78. The van der Waals surface area contributed by atoms with Crippen molar-refractivity contribution in [1.82, 2.24) is 9.97 Å². The quantitative estimate of drug-likeness (QED) is 0.763. The van der Waals surface area contributed by atoms with Gasteiger partial charge in [-0.2, -0.15) is 0 Å². The summed E-state index contributed by atoms with van der Waals surface area (Å²) in [4.78, 5) is 39.8. The van der Waals surface area contributed by atoms with Crippen LogP contribution in [0.4, 0.5) is 0 Å². The number of carbonyl (C=O) groups is 1. The first kappa shape index (κ1) is 20.6. The Bertz CT molecular complexity index is 1050. The van der Waals surface area contributed by atoms with E-state index in [-0.39, 0.29) is 5.12 Å². The van der Waals surface area contributed by atoms with E-state index in [1.807, 2.05) is 33.8 Å². The molecule has 3 rings (SSSR count). The largest absolute Gasteiger partial charge is 0.491 e. The Balaban J connectivity index is 2.02. The lowest BCUT2D eigenvalue weighted by Gasteiger charge is -2.32. The molecule has 0 amide bonds. The fraction of sp³-hybridized carbons (Fsp3) is 0.421. The number of aromatic nitrogens is 2. The van der Waals surface area contributed by atoms with Crippen molar-refractivity contribution in [3.8, 4) is 0 Å². The Morgan fingerprint density at radius 2 is 1.79 bits per heavy atom. The summed E-state index contributed by atoms with van der Waals surface area (Å²) in [5.74, 6) is 0.409. The number of thioether (sulfide) groups is 1. The highest BCUT2D eigenvalue weighted by Crippen LogP contribution is 2.39. The van der Waals surface area contributed by atoms with Crippen molar-refractivity contribution in [3.05, 3.63) is 50.1 Å². The van der Waals surface area contributed by atoms with Crippen LogP contribution in [0.15, 0.2) is 33.3 Å². The van der Waals surface area contributed by atoms with E-state index in [2.05, 4.69) is 9.97 Å². The molecule has 0 radical (unpaired) electrons. The van der Waals surface area contributed by atoms with Gasteiger partial charge in [-0.3, -0.25) is 14.6 Å². The van der Waals surface area contributed by atoms with Gasteiger partial charge in [0.25, 0.3) is 5.56 Å². The third-order valence-corrected chi connectivity index (χ3v) is 6.00. The van der Waals surface area contributed by atoms with E-state index in [1.54, 1.807) is 18.2 Å². The second-order valence-electron chi connectivity index (χ2n) is 7.80. The molecule has 2 heterocycles. The molecule has 1 aliphatic rings. The van der Waals surface area contributed by atoms with Gasteiger partial charge in [0, 0.05) is 12.7 Å². The molecule has 148 valence electrons. The van der Waals surface area contributed by atoms with Gasteiger partial charge in [-0.1, -0.05) is 23.9 Å². The Hall–Kier alpha value is -2.10. The zero-order chi connectivity index (χ0) is 20.7. The average molecular weight is 402 g/mol. The minimum absolute atomic E-state index is 0.00468. The smallest absolute Gasteiger partial charge is 0.400 e. The molecule has 1 aromatic carbocycles. The van der Waals surface area contributed by atoms with E-state index in [4.69, 9.17) is 9.31 Å². The van der Waals surface area contributed by atoms with Crippen molar-refractivity contribution in [3.63, 3.8) is 0 Å². The molecular formula is C19H23BN2O5S. The maximum Gasteiger partial charge on any atom is 0.491 e. The topological polar surface area (TPSA) is 101 Å². The SMILES string of the molecule is CC(=O)SCC(=Cc1ccc2[nH]c(=O)[nH]c(=O)c2c1)B1OC(C)(C)C(C)(C)O1. The first-order valence-electron chi connectivity index (χ1n) is 8.94. The van der Waals surface area contributed by atoms with Crippen LogP contribution in [0.2, 0.25) is 0 Å². The number of aromatic amines is 2. The van der Waals surface area contributed by atoms with Gasteiger partial charge < -0.3 is 14.3 Å². The summed E-state index contributed by atoms with van der Waals surface area (Å²) in [5.41, 5.74) is -0.00462. The van der Waals surface area contributed by atoms with Gasteiger partial charge >= 0.3 is 12.8 Å². The van der Waals surface area contributed by atoms with E-state index in [0.717, 1.165) is 11.0 Å². The van der Waals surface area contributed by atoms with E-state index < -0.39 is 29.6 Å². The lowest BCUT2D eigenvalue weighted by Crippen LogP contribution is -2.41. The van der Waals surface area contributed by atoms with E-state index in [1.165, 1.54) is 18.7 Å². The van der Waals surface area contributed by atoms with Crippen LogP contribution in [-0.2, 0) is 14.1 Å². The lowest BCUT2D eigenvalue weighted by molar-refractivity contribution is -0.109. The predicted octanol–water partition coefficient (Wildman–Crippen LogP) is 2.51. The summed E-state index contributed by atoms with van der Waals surface area (Å²) in [5, 5.41) is 0.371. The van der Waals surface area contributed by atoms with Crippen LogP contribution in [0.25, 0.3) is 17.0 Å². The second kappa shape index (κ2) is 7.38. The molecule has 1 aliphatic heterocycles. The molecule has 0 aliphatic carbocycles. The van der Waals surface area contributed by atoms with Crippen molar-refractivity contribution in [2.45, 2.75) is 45.8 Å². The molecule has 0 spiro atoms. The first-order chi connectivity index (χ1) is 13.0.